The van der Waals surface area contributed by atoms with E-state index in [9.17, 15) is 4.39 Å². The van der Waals surface area contributed by atoms with Crippen LogP contribution in [0.5, 0.6) is 0 Å². The van der Waals surface area contributed by atoms with E-state index in [1.54, 1.807) is 6.07 Å². The fourth-order valence-electron chi connectivity index (χ4n) is 1.84. The molecule has 2 aromatic rings. The molecule has 0 spiro atoms. The minimum Gasteiger partial charge on any atom is -0.378 e. The Labute approximate surface area is 112 Å². The highest BCUT2D eigenvalue weighted by atomic mass is 35.5. The van der Waals surface area contributed by atoms with Crippen LogP contribution in [0.4, 0.5) is 10.1 Å². The van der Waals surface area contributed by atoms with Crippen LogP contribution < -0.4 is 5.32 Å². The molecule has 94 valence electrons. The van der Waals surface area contributed by atoms with Gasteiger partial charge in [0, 0.05) is 16.8 Å². The number of halogens is 2. The number of hydrogen-bond acceptors (Lipinski definition) is 1. The molecule has 18 heavy (non-hydrogen) atoms. The predicted molar refractivity (Wildman–Crippen MR) is 74.6 cm³/mol. The van der Waals surface area contributed by atoms with Gasteiger partial charge in [0.1, 0.15) is 5.82 Å². The molecule has 0 aliphatic rings. The van der Waals surface area contributed by atoms with Gasteiger partial charge < -0.3 is 5.32 Å². The smallest absolute Gasteiger partial charge is 0.123 e. The lowest BCUT2D eigenvalue weighted by atomic mass is 10.1. The minimum absolute atomic E-state index is 0.0258. The Hall–Kier alpha value is -1.54. The maximum Gasteiger partial charge on any atom is 0.123 e. The summed E-state index contributed by atoms with van der Waals surface area (Å²) in [5, 5.41) is 4.03. The van der Waals surface area contributed by atoms with E-state index < -0.39 is 0 Å². The fraction of sp³-hybridized carbons (Fsp3) is 0.200. The van der Waals surface area contributed by atoms with Crippen LogP contribution in [0.25, 0.3) is 0 Å². The molecule has 0 amide bonds. The lowest BCUT2D eigenvalue weighted by Crippen LogP contribution is -2.07. The van der Waals surface area contributed by atoms with Crippen LogP contribution in [0.1, 0.15) is 24.1 Å². The average Bonchev–Trinajstić information content (AvgIpc) is 2.34. The van der Waals surface area contributed by atoms with Crippen LogP contribution in [0.2, 0.25) is 5.02 Å². The second-order valence-corrected chi connectivity index (χ2v) is 4.82. The third-order valence-corrected chi connectivity index (χ3v) is 3.16. The predicted octanol–water partition coefficient (Wildman–Crippen LogP) is 4.96. The first kappa shape index (κ1) is 12.9. The van der Waals surface area contributed by atoms with Crippen molar-refractivity contribution >= 4 is 17.3 Å². The highest BCUT2D eigenvalue weighted by Gasteiger charge is 2.08. The molecule has 1 nitrogen and oxygen atoms in total. The molecule has 1 atom stereocenters. The zero-order valence-corrected chi connectivity index (χ0v) is 11.1. The lowest BCUT2D eigenvalue weighted by Gasteiger charge is -2.17. The monoisotopic (exact) mass is 263 g/mol. The van der Waals surface area contributed by atoms with Gasteiger partial charge in [0.25, 0.3) is 0 Å². The molecular weight excluding hydrogens is 249 g/mol. The minimum atomic E-state index is -0.219. The van der Waals surface area contributed by atoms with Crippen LogP contribution in [0.15, 0.2) is 42.5 Å². The molecule has 0 saturated carbocycles. The summed E-state index contributed by atoms with van der Waals surface area (Å²) in [6.45, 7) is 4.01. The Morgan fingerprint density at radius 3 is 2.67 bits per heavy atom. The van der Waals surface area contributed by atoms with Crippen LogP contribution in [0, 0.1) is 12.7 Å². The van der Waals surface area contributed by atoms with Gasteiger partial charge in [-0.1, -0.05) is 29.8 Å². The molecule has 0 radical (unpaired) electrons. The van der Waals surface area contributed by atoms with Gasteiger partial charge in [-0.05, 0) is 49.2 Å². The summed E-state index contributed by atoms with van der Waals surface area (Å²) in [4.78, 5) is 0. The first-order chi connectivity index (χ1) is 8.56. The van der Waals surface area contributed by atoms with Crippen molar-refractivity contribution in [3.8, 4) is 0 Å². The Morgan fingerprint density at radius 1 is 1.17 bits per heavy atom. The number of rotatable bonds is 3. The van der Waals surface area contributed by atoms with Gasteiger partial charge in [-0.2, -0.15) is 0 Å². The molecule has 0 aliphatic heterocycles. The van der Waals surface area contributed by atoms with Crippen LogP contribution >= 0.6 is 11.6 Å². The standard InChI is InChI=1S/C15H15ClFN/c1-10-6-7-13(16)9-15(10)18-11(2)12-4-3-5-14(17)8-12/h3-9,11,18H,1-2H3. The zero-order valence-electron chi connectivity index (χ0n) is 10.4. The summed E-state index contributed by atoms with van der Waals surface area (Å²) in [5.74, 6) is -0.219. The van der Waals surface area contributed by atoms with E-state index in [1.165, 1.54) is 12.1 Å². The van der Waals surface area contributed by atoms with Crippen molar-refractivity contribution in [1.82, 2.24) is 0 Å². The molecule has 0 heterocycles. The van der Waals surface area contributed by atoms with Crippen LogP contribution in [-0.2, 0) is 0 Å². The first-order valence-electron chi connectivity index (χ1n) is 5.84. The van der Waals surface area contributed by atoms with E-state index in [4.69, 9.17) is 11.6 Å². The Kier molecular flexibility index (Phi) is 3.87. The Balaban J connectivity index is 2.21. The van der Waals surface area contributed by atoms with Crippen LogP contribution in [0.3, 0.4) is 0 Å². The highest BCUT2D eigenvalue weighted by Crippen LogP contribution is 2.25. The lowest BCUT2D eigenvalue weighted by molar-refractivity contribution is 0.623. The molecule has 0 aromatic heterocycles. The molecule has 0 saturated heterocycles. The normalized spacial score (nSPS) is 12.2. The first-order valence-corrected chi connectivity index (χ1v) is 6.22. The van der Waals surface area contributed by atoms with E-state index in [2.05, 4.69) is 5.32 Å². The van der Waals surface area contributed by atoms with Gasteiger partial charge in [0.15, 0.2) is 0 Å². The summed E-state index contributed by atoms with van der Waals surface area (Å²) in [6.07, 6.45) is 0. The molecule has 1 N–H and O–H groups in total. The third-order valence-electron chi connectivity index (χ3n) is 2.92. The Morgan fingerprint density at radius 2 is 1.94 bits per heavy atom. The van der Waals surface area contributed by atoms with Crippen molar-refractivity contribution in [2.45, 2.75) is 19.9 Å². The number of aryl methyl sites for hydroxylation is 1. The Bertz CT molecular complexity index is 554. The van der Waals surface area contributed by atoms with Crippen molar-refractivity contribution < 1.29 is 4.39 Å². The molecule has 2 rings (SSSR count). The number of hydrogen-bond donors (Lipinski definition) is 1. The fourth-order valence-corrected chi connectivity index (χ4v) is 2.01. The van der Waals surface area contributed by atoms with Gasteiger partial charge in [-0.25, -0.2) is 4.39 Å². The summed E-state index contributed by atoms with van der Waals surface area (Å²) in [5.41, 5.74) is 3.00. The highest BCUT2D eigenvalue weighted by molar-refractivity contribution is 6.30. The maximum absolute atomic E-state index is 13.2. The zero-order chi connectivity index (χ0) is 13.1. The summed E-state index contributed by atoms with van der Waals surface area (Å²) in [7, 11) is 0. The average molecular weight is 264 g/mol. The second kappa shape index (κ2) is 5.40. The number of nitrogens with one attached hydrogen (secondary N) is 1. The van der Waals surface area contributed by atoms with Gasteiger partial charge in [-0.3, -0.25) is 0 Å². The largest absolute Gasteiger partial charge is 0.378 e. The van der Waals surface area contributed by atoms with Gasteiger partial charge in [0.2, 0.25) is 0 Å². The van der Waals surface area contributed by atoms with E-state index in [1.807, 2.05) is 38.1 Å². The van der Waals surface area contributed by atoms with Crippen molar-refractivity contribution in [1.29, 1.82) is 0 Å². The van der Waals surface area contributed by atoms with Gasteiger partial charge in [0.05, 0.1) is 0 Å². The van der Waals surface area contributed by atoms with Crippen molar-refractivity contribution in [3.63, 3.8) is 0 Å². The van der Waals surface area contributed by atoms with Gasteiger partial charge in [-0.15, -0.1) is 0 Å². The summed E-state index contributed by atoms with van der Waals surface area (Å²) >= 11 is 5.97. The quantitative estimate of drug-likeness (QED) is 0.825. The molecule has 0 fully saturated rings. The van der Waals surface area contributed by atoms with Gasteiger partial charge >= 0.3 is 0 Å². The third kappa shape index (κ3) is 3.02. The number of anilines is 1. The van der Waals surface area contributed by atoms with E-state index in [-0.39, 0.29) is 11.9 Å². The molecule has 0 aliphatic carbocycles. The molecular formula is C15H15ClFN. The van der Waals surface area contributed by atoms with E-state index in [0.717, 1.165) is 16.8 Å². The van der Waals surface area contributed by atoms with Crippen LogP contribution in [-0.4, -0.2) is 0 Å². The maximum atomic E-state index is 13.2. The molecule has 3 heteroatoms. The topological polar surface area (TPSA) is 12.0 Å². The molecule has 0 bridgehead atoms. The van der Waals surface area contributed by atoms with E-state index in [0.29, 0.717) is 5.02 Å². The SMILES string of the molecule is Cc1ccc(Cl)cc1NC(C)c1cccc(F)c1. The summed E-state index contributed by atoms with van der Waals surface area (Å²) < 4.78 is 13.2. The van der Waals surface area contributed by atoms with Crippen molar-refractivity contribution in [2.24, 2.45) is 0 Å². The summed E-state index contributed by atoms with van der Waals surface area (Å²) in [6, 6.07) is 12.3. The number of benzene rings is 2. The van der Waals surface area contributed by atoms with Crippen molar-refractivity contribution in [3.05, 3.63) is 64.4 Å². The molecule has 2 aromatic carbocycles. The van der Waals surface area contributed by atoms with E-state index >= 15 is 0 Å². The molecule has 1 unspecified atom stereocenters. The second-order valence-electron chi connectivity index (χ2n) is 4.38. The van der Waals surface area contributed by atoms with Crippen molar-refractivity contribution in [2.75, 3.05) is 5.32 Å².